The second-order valence-electron chi connectivity index (χ2n) is 7.57. The maximum absolute atomic E-state index is 10.4. The second-order valence-corrected chi connectivity index (χ2v) is 7.57. The van der Waals surface area contributed by atoms with E-state index in [0.29, 0.717) is 13.2 Å². The number of para-hydroxylation sites is 1. The van der Waals surface area contributed by atoms with Crippen LogP contribution in [-0.2, 0) is 6.42 Å². The number of anilines is 1. The number of hydrogen-bond acceptors (Lipinski definition) is 4. The number of ether oxygens (including phenoxy) is 1. The molecule has 1 heterocycles. The van der Waals surface area contributed by atoms with Crippen LogP contribution >= 0.6 is 0 Å². The average molecular weight is 381 g/mol. The van der Waals surface area contributed by atoms with Gasteiger partial charge in [-0.2, -0.15) is 0 Å². The standard InChI is InChI=1S/C24H32N2O2/c1-4-8-21-10-5-6-12-24(21)28-18-22(27)17-25-13-15-26(16-14-25)23-11-7-9-19(2)20(23)3/h4-7,9-12,22,27H,1,8,13-18H2,2-3H3. The van der Waals surface area contributed by atoms with Crippen LogP contribution in [0.15, 0.2) is 55.1 Å². The van der Waals surface area contributed by atoms with Crippen LogP contribution in [0.2, 0.25) is 0 Å². The second kappa shape index (κ2) is 9.76. The largest absolute Gasteiger partial charge is 0.491 e. The van der Waals surface area contributed by atoms with E-state index in [0.717, 1.165) is 43.9 Å². The molecule has 0 saturated carbocycles. The number of nitrogens with zero attached hydrogens (tertiary/aromatic N) is 2. The molecule has 1 N–H and O–H groups in total. The summed E-state index contributed by atoms with van der Waals surface area (Å²) in [6.45, 7) is 13.0. The van der Waals surface area contributed by atoms with E-state index in [2.05, 4.69) is 48.4 Å². The van der Waals surface area contributed by atoms with Crippen LogP contribution in [0.3, 0.4) is 0 Å². The van der Waals surface area contributed by atoms with Crippen LogP contribution in [0, 0.1) is 13.8 Å². The van der Waals surface area contributed by atoms with Gasteiger partial charge >= 0.3 is 0 Å². The van der Waals surface area contributed by atoms with Crippen LogP contribution in [0.5, 0.6) is 5.75 Å². The van der Waals surface area contributed by atoms with E-state index < -0.39 is 6.10 Å². The van der Waals surface area contributed by atoms with Crippen molar-refractivity contribution in [2.45, 2.75) is 26.4 Å². The van der Waals surface area contributed by atoms with Crippen molar-refractivity contribution in [2.75, 3.05) is 44.2 Å². The lowest BCUT2D eigenvalue weighted by Gasteiger charge is -2.37. The van der Waals surface area contributed by atoms with Gasteiger partial charge in [-0.3, -0.25) is 4.90 Å². The number of allylic oxidation sites excluding steroid dienone is 1. The van der Waals surface area contributed by atoms with Gasteiger partial charge in [-0.05, 0) is 49.1 Å². The Morgan fingerprint density at radius 2 is 1.82 bits per heavy atom. The highest BCUT2D eigenvalue weighted by atomic mass is 16.5. The first-order valence-corrected chi connectivity index (χ1v) is 10.1. The average Bonchev–Trinajstić information content (AvgIpc) is 2.70. The Bertz CT molecular complexity index is 782. The highest BCUT2D eigenvalue weighted by Gasteiger charge is 2.21. The molecule has 1 aliphatic heterocycles. The molecule has 0 bridgehead atoms. The summed E-state index contributed by atoms with van der Waals surface area (Å²) in [5.74, 6) is 0.834. The van der Waals surface area contributed by atoms with E-state index in [-0.39, 0.29) is 0 Å². The molecule has 2 aromatic rings. The fraction of sp³-hybridized carbons (Fsp3) is 0.417. The lowest BCUT2D eigenvalue weighted by molar-refractivity contribution is 0.0660. The third-order valence-corrected chi connectivity index (χ3v) is 5.53. The summed E-state index contributed by atoms with van der Waals surface area (Å²) >= 11 is 0. The zero-order valence-corrected chi connectivity index (χ0v) is 17.1. The number of aryl methyl sites for hydroxylation is 1. The summed E-state index contributed by atoms with van der Waals surface area (Å²) in [6, 6.07) is 14.5. The van der Waals surface area contributed by atoms with E-state index in [1.54, 1.807) is 0 Å². The number of hydrogen-bond donors (Lipinski definition) is 1. The number of benzene rings is 2. The summed E-state index contributed by atoms with van der Waals surface area (Å²) in [5, 5.41) is 10.4. The van der Waals surface area contributed by atoms with Crippen molar-refractivity contribution >= 4 is 5.69 Å². The van der Waals surface area contributed by atoms with Crippen LogP contribution in [-0.4, -0.2) is 55.4 Å². The molecule has 0 spiro atoms. The van der Waals surface area contributed by atoms with E-state index in [1.807, 2.05) is 30.3 Å². The Kier molecular flexibility index (Phi) is 7.12. The van der Waals surface area contributed by atoms with Gasteiger partial charge in [0, 0.05) is 38.4 Å². The molecule has 4 nitrogen and oxygen atoms in total. The summed E-state index contributed by atoms with van der Waals surface area (Å²) in [4.78, 5) is 4.78. The topological polar surface area (TPSA) is 35.9 Å². The van der Waals surface area contributed by atoms with Crippen molar-refractivity contribution in [3.05, 3.63) is 71.8 Å². The quantitative estimate of drug-likeness (QED) is 0.710. The summed E-state index contributed by atoms with van der Waals surface area (Å²) < 4.78 is 5.88. The van der Waals surface area contributed by atoms with Gasteiger partial charge < -0.3 is 14.7 Å². The molecule has 0 aromatic heterocycles. The van der Waals surface area contributed by atoms with Crippen molar-refractivity contribution in [1.29, 1.82) is 0 Å². The van der Waals surface area contributed by atoms with Gasteiger partial charge in [0.1, 0.15) is 18.5 Å². The summed E-state index contributed by atoms with van der Waals surface area (Å²) in [6.07, 6.45) is 2.14. The molecular formula is C24H32N2O2. The highest BCUT2D eigenvalue weighted by Crippen LogP contribution is 2.24. The van der Waals surface area contributed by atoms with Crippen LogP contribution in [0.4, 0.5) is 5.69 Å². The molecule has 1 fully saturated rings. The Balaban J connectivity index is 1.47. The van der Waals surface area contributed by atoms with E-state index >= 15 is 0 Å². The zero-order chi connectivity index (χ0) is 19.9. The van der Waals surface area contributed by atoms with Crippen LogP contribution in [0.25, 0.3) is 0 Å². The fourth-order valence-corrected chi connectivity index (χ4v) is 3.76. The molecule has 0 aliphatic carbocycles. The minimum atomic E-state index is -0.496. The van der Waals surface area contributed by atoms with E-state index in [9.17, 15) is 5.11 Å². The monoisotopic (exact) mass is 380 g/mol. The molecule has 1 aliphatic rings. The molecule has 3 rings (SSSR count). The Hall–Kier alpha value is -2.30. The van der Waals surface area contributed by atoms with Gasteiger partial charge in [-0.1, -0.05) is 36.4 Å². The van der Waals surface area contributed by atoms with Crippen molar-refractivity contribution in [1.82, 2.24) is 4.90 Å². The molecule has 0 radical (unpaired) electrons. The number of β-amino-alcohol motifs (C(OH)–C–C–N with tert-alkyl or cyclic N) is 1. The third-order valence-electron chi connectivity index (χ3n) is 5.53. The summed E-state index contributed by atoms with van der Waals surface area (Å²) in [5.41, 5.74) is 5.14. The van der Waals surface area contributed by atoms with Crippen molar-refractivity contribution in [2.24, 2.45) is 0 Å². The maximum Gasteiger partial charge on any atom is 0.122 e. The van der Waals surface area contributed by atoms with Gasteiger partial charge in [0.2, 0.25) is 0 Å². The maximum atomic E-state index is 10.4. The van der Waals surface area contributed by atoms with Crippen molar-refractivity contribution in [3.63, 3.8) is 0 Å². The Labute approximate surface area is 169 Å². The van der Waals surface area contributed by atoms with Crippen LogP contribution < -0.4 is 9.64 Å². The first-order valence-electron chi connectivity index (χ1n) is 10.1. The number of rotatable bonds is 8. The van der Waals surface area contributed by atoms with E-state index in [1.165, 1.54) is 16.8 Å². The highest BCUT2D eigenvalue weighted by molar-refractivity contribution is 5.56. The smallest absolute Gasteiger partial charge is 0.122 e. The molecule has 1 atom stereocenters. The number of piperazine rings is 1. The minimum absolute atomic E-state index is 0.311. The predicted molar refractivity (Wildman–Crippen MR) is 116 cm³/mol. The minimum Gasteiger partial charge on any atom is -0.491 e. The molecule has 2 aromatic carbocycles. The first-order chi connectivity index (χ1) is 13.6. The Morgan fingerprint density at radius 1 is 1.07 bits per heavy atom. The SMILES string of the molecule is C=CCc1ccccc1OCC(O)CN1CCN(c2cccc(C)c2C)CC1. The van der Waals surface area contributed by atoms with Gasteiger partial charge in [-0.25, -0.2) is 0 Å². The van der Waals surface area contributed by atoms with Gasteiger partial charge in [0.05, 0.1) is 0 Å². The Morgan fingerprint density at radius 3 is 2.57 bits per heavy atom. The first kappa shape index (κ1) is 20.4. The van der Waals surface area contributed by atoms with Gasteiger partial charge in [-0.15, -0.1) is 6.58 Å². The van der Waals surface area contributed by atoms with Gasteiger partial charge in [0.15, 0.2) is 0 Å². The normalized spacial score (nSPS) is 16.0. The number of aliphatic hydroxyl groups excluding tert-OH is 1. The molecule has 1 saturated heterocycles. The molecule has 0 amide bonds. The molecule has 4 heteroatoms. The predicted octanol–water partition coefficient (Wildman–Crippen LogP) is 3.59. The fourth-order valence-electron chi connectivity index (χ4n) is 3.76. The zero-order valence-electron chi connectivity index (χ0n) is 17.1. The van der Waals surface area contributed by atoms with Gasteiger partial charge in [0.25, 0.3) is 0 Å². The molecule has 150 valence electrons. The number of aliphatic hydroxyl groups is 1. The van der Waals surface area contributed by atoms with Crippen LogP contribution in [0.1, 0.15) is 16.7 Å². The van der Waals surface area contributed by atoms with Crippen molar-refractivity contribution in [3.8, 4) is 5.75 Å². The molecule has 1 unspecified atom stereocenters. The molecule has 28 heavy (non-hydrogen) atoms. The third kappa shape index (κ3) is 5.15. The summed E-state index contributed by atoms with van der Waals surface area (Å²) in [7, 11) is 0. The van der Waals surface area contributed by atoms with Crippen molar-refractivity contribution < 1.29 is 9.84 Å². The lowest BCUT2D eigenvalue weighted by atomic mass is 10.1. The molecular weight excluding hydrogens is 348 g/mol. The lowest BCUT2D eigenvalue weighted by Crippen LogP contribution is -2.49. The van der Waals surface area contributed by atoms with E-state index in [4.69, 9.17) is 4.74 Å².